The van der Waals surface area contributed by atoms with Gasteiger partial charge in [-0.2, -0.15) is 0 Å². The molecule has 1 saturated carbocycles. The van der Waals surface area contributed by atoms with Gasteiger partial charge in [-0.3, -0.25) is 4.90 Å². The molecule has 1 saturated heterocycles. The predicted octanol–water partition coefficient (Wildman–Crippen LogP) is 1.13. The highest BCUT2D eigenvalue weighted by atomic mass is 15.3. The molecule has 17 heavy (non-hydrogen) atoms. The summed E-state index contributed by atoms with van der Waals surface area (Å²) < 4.78 is 2.09. The Morgan fingerprint density at radius 3 is 2.94 bits per heavy atom. The van der Waals surface area contributed by atoms with Gasteiger partial charge in [0.05, 0.1) is 6.54 Å². The Bertz CT molecular complexity index is 383. The average Bonchev–Trinajstić information content (AvgIpc) is 2.96. The maximum absolute atomic E-state index is 4.35. The van der Waals surface area contributed by atoms with Crippen LogP contribution in [-0.2, 0) is 13.6 Å². The molecule has 4 heteroatoms. The minimum atomic E-state index is 0.641. The molecule has 0 spiro atoms. The number of hydrogen-bond acceptors (Lipinski definition) is 3. The van der Waals surface area contributed by atoms with Gasteiger partial charge in [-0.1, -0.05) is 0 Å². The zero-order valence-electron chi connectivity index (χ0n) is 10.8. The Hall–Kier alpha value is -0.870. The molecule has 94 valence electrons. The second-order valence-corrected chi connectivity index (χ2v) is 5.54. The van der Waals surface area contributed by atoms with E-state index in [1.165, 1.54) is 25.8 Å². The summed E-state index contributed by atoms with van der Waals surface area (Å²) in [7, 11) is 2.05. The lowest BCUT2D eigenvalue weighted by molar-refractivity contribution is 0.255. The number of aryl methyl sites for hydroxylation is 1. The summed E-state index contributed by atoms with van der Waals surface area (Å²) in [5.41, 5.74) is 0. The van der Waals surface area contributed by atoms with Gasteiger partial charge in [-0.05, 0) is 26.2 Å². The first-order valence-corrected chi connectivity index (χ1v) is 6.69. The molecule has 0 aromatic carbocycles. The van der Waals surface area contributed by atoms with Crippen LogP contribution in [0.25, 0.3) is 0 Å². The average molecular weight is 234 g/mol. The number of hydrogen-bond donors (Lipinski definition) is 1. The molecule has 0 bridgehead atoms. The highest BCUT2D eigenvalue weighted by molar-refractivity contribution is 4.97. The van der Waals surface area contributed by atoms with Crippen LogP contribution in [0.5, 0.6) is 0 Å². The summed E-state index contributed by atoms with van der Waals surface area (Å²) in [6.07, 6.45) is 7.98. The predicted molar refractivity (Wildman–Crippen MR) is 67.6 cm³/mol. The smallest absolute Gasteiger partial charge is 0.122 e. The normalized spacial score (nSPS) is 30.0. The molecule has 4 nitrogen and oxygen atoms in total. The number of aromatic nitrogens is 2. The minimum Gasteiger partial charge on any atom is -0.337 e. The van der Waals surface area contributed by atoms with Crippen molar-refractivity contribution in [3.05, 3.63) is 18.2 Å². The summed E-state index contributed by atoms with van der Waals surface area (Å²) in [4.78, 5) is 7.03. The number of imidazole rings is 1. The molecule has 1 aromatic heterocycles. The van der Waals surface area contributed by atoms with Crippen LogP contribution in [0.15, 0.2) is 12.4 Å². The van der Waals surface area contributed by atoms with Gasteiger partial charge in [0.15, 0.2) is 0 Å². The van der Waals surface area contributed by atoms with Gasteiger partial charge in [-0.25, -0.2) is 4.98 Å². The molecule has 1 aromatic rings. The van der Waals surface area contributed by atoms with E-state index in [-0.39, 0.29) is 0 Å². The molecule has 2 fully saturated rings. The highest BCUT2D eigenvalue weighted by Crippen LogP contribution is 2.33. The molecule has 0 amide bonds. The van der Waals surface area contributed by atoms with Crippen molar-refractivity contribution < 1.29 is 0 Å². The van der Waals surface area contributed by atoms with E-state index < -0.39 is 0 Å². The van der Waals surface area contributed by atoms with E-state index in [1.807, 2.05) is 12.4 Å². The van der Waals surface area contributed by atoms with E-state index >= 15 is 0 Å². The Morgan fingerprint density at radius 2 is 2.29 bits per heavy atom. The van der Waals surface area contributed by atoms with Crippen LogP contribution >= 0.6 is 0 Å². The second kappa shape index (κ2) is 4.42. The van der Waals surface area contributed by atoms with E-state index in [4.69, 9.17) is 0 Å². The number of likely N-dealkylation sites (tertiary alicyclic amines) is 1. The van der Waals surface area contributed by atoms with Crippen LogP contribution in [-0.4, -0.2) is 39.1 Å². The minimum absolute atomic E-state index is 0.641. The fraction of sp³-hybridized carbons (Fsp3) is 0.769. The van der Waals surface area contributed by atoms with Gasteiger partial charge >= 0.3 is 0 Å². The third-order valence-electron chi connectivity index (χ3n) is 4.11. The van der Waals surface area contributed by atoms with Crippen molar-refractivity contribution in [1.82, 2.24) is 19.8 Å². The van der Waals surface area contributed by atoms with Crippen molar-refractivity contribution in [3.8, 4) is 0 Å². The van der Waals surface area contributed by atoms with Crippen molar-refractivity contribution in [2.45, 2.75) is 50.9 Å². The van der Waals surface area contributed by atoms with Gasteiger partial charge in [0.25, 0.3) is 0 Å². The number of rotatable bonds is 4. The van der Waals surface area contributed by atoms with Gasteiger partial charge < -0.3 is 9.88 Å². The quantitative estimate of drug-likeness (QED) is 0.848. The lowest BCUT2D eigenvalue weighted by Gasteiger charge is -2.19. The highest BCUT2D eigenvalue weighted by Gasteiger charge is 2.38. The third-order valence-corrected chi connectivity index (χ3v) is 4.11. The maximum Gasteiger partial charge on any atom is 0.122 e. The van der Waals surface area contributed by atoms with Crippen LogP contribution in [0.1, 0.15) is 32.0 Å². The van der Waals surface area contributed by atoms with Crippen molar-refractivity contribution in [1.29, 1.82) is 0 Å². The van der Waals surface area contributed by atoms with Crippen LogP contribution in [0.2, 0.25) is 0 Å². The topological polar surface area (TPSA) is 33.1 Å². The Balaban J connectivity index is 1.51. The van der Waals surface area contributed by atoms with Crippen molar-refractivity contribution in [3.63, 3.8) is 0 Å². The van der Waals surface area contributed by atoms with E-state index in [0.29, 0.717) is 6.04 Å². The zero-order chi connectivity index (χ0) is 11.8. The van der Waals surface area contributed by atoms with E-state index in [9.17, 15) is 0 Å². The van der Waals surface area contributed by atoms with Gasteiger partial charge in [0.2, 0.25) is 0 Å². The molecule has 2 heterocycles. The number of nitrogens with zero attached hydrogens (tertiary/aromatic N) is 3. The molecule has 2 aliphatic rings. The summed E-state index contributed by atoms with van der Waals surface area (Å²) in [5, 5.41) is 3.64. The first kappa shape index (κ1) is 11.2. The lowest BCUT2D eigenvalue weighted by Crippen LogP contribution is -2.34. The largest absolute Gasteiger partial charge is 0.337 e. The molecule has 2 atom stereocenters. The van der Waals surface area contributed by atoms with Crippen molar-refractivity contribution in [2.24, 2.45) is 7.05 Å². The summed E-state index contributed by atoms with van der Waals surface area (Å²) in [6.45, 7) is 4.47. The lowest BCUT2D eigenvalue weighted by atomic mass is 10.2. The fourth-order valence-electron chi connectivity index (χ4n) is 2.92. The standard InChI is InChI=1S/C13H22N4/c1-10-7-11(9-17(10)12-3-4-12)15-8-13-14-5-6-16(13)2/h5-6,10-12,15H,3-4,7-9H2,1-2H3. The Labute approximate surface area is 103 Å². The van der Waals surface area contributed by atoms with Crippen molar-refractivity contribution >= 4 is 0 Å². The second-order valence-electron chi connectivity index (χ2n) is 5.54. The van der Waals surface area contributed by atoms with Crippen LogP contribution in [0.4, 0.5) is 0 Å². The summed E-state index contributed by atoms with van der Waals surface area (Å²) in [5.74, 6) is 1.13. The Morgan fingerprint density at radius 1 is 1.47 bits per heavy atom. The fourth-order valence-corrected chi connectivity index (χ4v) is 2.92. The monoisotopic (exact) mass is 234 g/mol. The summed E-state index contributed by atoms with van der Waals surface area (Å²) >= 11 is 0. The van der Waals surface area contributed by atoms with E-state index in [2.05, 4.69) is 33.7 Å². The summed E-state index contributed by atoms with van der Waals surface area (Å²) in [6, 6.07) is 2.29. The van der Waals surface area contributed by atoms with E-state index in [1.54, 1.807) is 0 Å². The molecule has 1 N–H and O–H groups in total. The maximum atomic E-state index is 4.35. The van der Waals surface area contributed by atoms with Gasteiger partial charge in [-0.15, -0.1) is 0 Å². The SMILES string of the molecule is CC1CC(NCc2nccn2C)CN1C1CC1. The first-order valence-electron chi connectivity index (χ1n) is 6.69. The van der Waals surface area contributed by atoms with Gasteiger partial charge in [0.1, 0.15) is 5.82 Å². The first-order chi connectivity index (χ1) is 8.24. The molecular weight excluding hydrogens is 212 g/mol. The third kappa shape index (κ3) is 2.38. The van der Waals surface area contributed by atoms with Crippen LogP contribution < -0.4 is 5.32 Å². The molecule has 0 radical (unpaired) electrons. The van der Waals surface area contributed by atoms with Crippen LogP contribution in [0.3, 0.4) is 0 Å². The Kier molecular flexibility index (Phi) is 2.92. The van der Waals surface area contributed by atoms with Crippen molar-refractivity contribution in [2.75, 3.05) is 6.54 Å². The number of nitrogens with one attached hydrogen (secondary N) is 1. The van der Waals surface area contributed by atoms with Crippen LogP contribution in [0, 0.1) is 0 Å². The molecule has 1 aliphatic carbocycles. The zero-order valence-corrected chi connectivity index (χ0v) is 10.8. The molecule has 2 unspecified atom stereocenters. The van der Waals surface area contributed by atoms with Gasteiger partial charge in [0, 0.05) is 44.1 Å². The molecule has 1 aliphatic heterocycles. The molecule has 3 rings (SSSR count). The van der Waals surface area contributed by atoms with E-state index in [0.717, 1.165) is 24.5 Å². The molecular formula is C13H22N4.